The van der Waals surface area contributed by atoms with Crippen LogP contribution in [0.1, 0.15) is 36.0 Å². The molecule has 17 heavy (non-hydrogen) atoms. The van der Waals surface area contributed by atoms with Crippen LogP contribution in [0.2, 0.25) is 0 Å². The van der Waals surface area contributed by atoms with E-state index in [1.807, 2.05) is 0 Å². The molecule has 1 amide bonds. The third kappa shape index (κ3) is 2.41. The van der Waals surface area contributed by atoms with E-state index < -0.39 is 17.3 Å². The first-order valence-electron chi connectivity index (χ1n) is 5.49. The number of nitriles is 1. The van der Waals surface area contributed by atoms with Crippen molar-refractivity contribution >= 4 is 5.91 Å². The highest BCUT2D eigenvalue weighted by molar-refractivity contribution is 5.94. The Balaban J connectivity index is 2.14. The Morgan fingerprint density at radius 2 is 2.18 bits per heavy atom. The van der Waals surface area contributed by atoms with Crippen molar-refractivity contribution in [2.45, 2.75) is 31.2 Å². The van der Waals surface area contributed by atoms with Gasteiger partial charge in [-0.3, -0.25) is 9.78 Å². The smallest absolute Gasteiger partial charge is 0.254 e. The Bertz CT molecular complexity index is 475. The fourth-order valence-electron chi connectivity index (χ4n) is 2.07. The van der Waals surface area contributed by atoms with Gasteiger partial charge in [0, 0.05) is 6.20 Å². The molecule has 1 saturated carbocycles. The Morgan fingerprint density at radius 1 is 1.47 bits per heavy atom. The predicted molar refractivity (Wildman–Crippen MR) is 58.5 cm³/mol. The van der Waals surface area contributed by atoms with E-state index in [9.17, 15) is 9.18 Å². The van der Waals surface area contributed by atoms with Gasteiger partial charge >= 0.3 is 0 Å². The second-order valence-corrected chi connectivity index (χ2v) is 4.25. The van der Waals surface area contributed by atoms with Crippen molar-refractivity contribution in [1.82, 2.24) is 10.3 Å². The molecule has 1 heterocycles. The fourth-order valence-corrected chi connectivity index (χ4v) is 2.07. The van der Waals surface area contributed by atoms with E-state index in [0.29, 0.717) is 12.8 Å². The summed E-state index contributed by atoms with van der Waals surface area (Å²) in [6, 6.07) is 3.26. The molecule has 1 N–H and O–H groups in total. The van der Waals surface area contributed by atoms with Gasteiger partial charge in [-0.2, -0.15) is 5.26 Å². The van der Waals surface area contributed by atoms with Crippen LogP contribution in [0.3, 0.4) is 0 Å². The van der Waals surface area contributed by atoms with Crippen molar-refractivity contribution in [1.29, 1.82) is 5.26 Å². The number of rotatable bonds is 2. The Labute approximate surface area is 98.5 Å². The highest BCUT2D eigenvalue weighted by Gasteiger charge is 2.35. The van der Waals surface area contributed by atoms with E-state index in [0.717, 1.165) is 25.1 Å². The van der Waals surface area contributed by atoms with Crippen LogP contribution >= 0.6 is 0 Å². The minimum Gasteiger partial charge on any atom is -0.334 e. The van der Waals surface area contributed by atoms with Crippen LogP contribution in [0, 0.1) is 17.1 Å². The first-order chi connectivity index (χ1) is 8.15. The third-order valence-corrected chi connectivity index (χ3v) is 2.99. The van der Waals surface area contributed by atoms with Crippen LogP contribution in [-0.2, 0) is 0 Å². The summed E-state index contributed by atoms with van der Waals surface area (Å²) >= 11 is 0. The maximum Gasteiger partial charge on any atom is 0.254 e. The first-order valence-corrected chi connectivity index (χ1v) is 5.49. The zero-order valence-corrected chi connectivity index (χ0v) is 9.24. The van der Waals surface area contributed by atoms with Gasteiger partial charge < -0.3 is 5.32 Å². The van der Waals surface area contributed by atoms with Gasteiger partial charge in [-0.25, -0.2) is 4.39 Å². The maximum atomic E-state index is 12.9. The zero-order chi connectivity index (χ0) is 12.3. The summed E-state index contributed by atoms with van der Waals surface area (Å²) < 4.78 is 12.9. The molecular formula is C12H12FN3O. The van der Waals surface area contributed by atoms with Gasteiger partial charge in [-0.1, -0.05) is 0 Å². The summed E-state index contributed by atoms with van der Waals surface area (Å²) in [7, 11) is 0. The molecule has 1 aromatic heterocycles. The molecule has 1 fully saturated rings. The number of carbonyl (C=O) groups is 1. The Kier molecular flexibility index (Phi) is 3.05. The summed E-state index contributed by atoms with van der Waals surface area (Å²) in [5, 5.41) is 11.8. The molecule has 0 spiro atoms. The second kappa shape index (κ2) is 4.50. The van der Waals surface area contributed by atoms with Crippen molar-refractivity contribution in [3.8, 4) is 6.07 Å². The lowest BCUT2D eigenvalue weighted by Crippen LogP contribution is -2.45. The number of hydrogen-bond donors (Lipinski definition) is 1. The quantitative estimate of drug-likeness (QED) is 0.846. The van der Waals surface area contributed by atoms with Gasteiger partial charge in [0.2, 0.25) is 0 Å². The van der Waals surface area contributed by atoms with Gasteiger partial charge in [0.05, 0.1) is 17.8 Å². The summed E-state index contributed by atoms with van der Waals surface area (Å²) in [4.78, 5) is 15.5. The molecule has 88 valence electrons. The lowest BCUT2D eigenvalue weighted by Gasteiger charge is -2.21. The zero-order valence-electron chi connectivity index (χ0n) is 9.24. The average molecular weight is 233 g/mol. The van der Waals surface area contributed by atoms with Crippen molar-refractivity contribution in [2.75, 3.05) is 0 Å². The number of nitrogens with one attached hydrogen (secondary N) is 1. The first kappa shape index (κ1) is 11.5. The topological polar surface area (TPSA) is 65.8 Å². The van der Waals surface area contributed by atoms with Crippen LogP contribution in [0.25, 0.3) is 0 Å². The van der Waals surface area contributed by atoms with E-state index in [1.54, 1.807) is 0 Å². The third-order valence-electron chi connectivity index (χ3n) is 2.99. The van der Waals surface area contributed by atoms with Gasteiger partial charge in [-0.05, 0) is 31.7 Å². The summed E-state index contributed by atoms with van der Waals surface area (Å²) in [6.07, 6.45) is 5.48. The van der Waals surface area contributed by atoms with Gasteiger partial charge in [0.15, 0.2) is 0 Å². The maximum absolute atomic E-state index is 12.9. The Morgan fingerprint density at radius 3 is 2.76 bits per heavy atom. The molecule has 0 radical (unpaired) electrons. The van der Waals surface area contributed by atoms with Crippen LogP contribution in [0.4, 0.5) is 4.39 Å². The summed E-state index contributed by atoms with van der Waals surface area (Å²) in [5.74, 6) is -1.00. The highest BCUT2D eigenvalue weighted by atomic mass is 19.1. The van der Waals surface area contributed by atoms with Crippen molar-refractivity contribution < 1.29 is 9.18 Å². The van der Waals surface area contributed by atoms with Crippen molar-refractivity contribution in [2.24, 2.45) is 0 Å². The van der Waals surface area contributed by atoms with E-state index in [-0.39, 0.29) is 5.56 Å². The van der Waals surface area contributed by atoms with Crippen LogP contribution in [0.15, 0.2) is 18.5 Å². The average Bonchev–Trinajstić information content (AvgIpc) is 2.78. The summed E-state index contributed by atoms with van der Waals surface area (Å²) in [5.41, 5.74) is -0.643. The molecule has 2 rings (SSSR count). The highest BCUT2D eigenvalue weighted by Crippen LogP contribution is 2.29. The SMILES string of the molecule is N#CC1(NC(=O)c2cncc(F)c2)CCCC1. The van der Waals surface area contributed by atoms with Crippen molar-refractivity contribution in [3.05, 3.63) is 29.8 Å². The number of carbonyl (C=O) groups excluding carboxylic acids is 1. The number of pyridine rings is 1. The van der Waals surface area contributed by atoms with Crippen LogP contribution in [-0.4, -0.2) is 16.4 Å². The molecule has 0 atom stereocenters. The van der Waals surface area contributed by atoms with Crippen LogP contribution < -0.4 is 5.32 Å². The largest absolute Gasteiger partial charge is 0.334 e. The normalized spacial score (nSPS) is 17.4. The molecule has 4 nitrogen and oxygen atoms in total. The number of nitrogens with zero attached hydrogens (tertiary/aromatic N) is 2. The van der Waals surface area contributed by atoms with Gasteiger partial charge in [0.1, 0.15) is 11.4 Å². The molecule has 0 unspecified atom stereocenters. The molecule has 5 heteroatoms. The predicted octanol–water partition coefficient (Wildman–Crippen LogP) is 1.79. The van der Waals surface area contributed by atoms with Gasteiger partial charge in [0.25, 0.3) is 5.91 Å². The molecule has 1 aromatic rings. The van der Waals surface area contributed by atoms with Crippen LogP contribution in [0.5, 0.6) is 0 Å². The lowest BCUT2D eigenvalue weighted by atomic mass is 9.99. The Hall–Kier alpha value is -1.96. The summed E-state index contributed by atoms with van der Waals surface area (Å²) in [6.45, 7) is 0. The monoisotopic (exact) mass is 233 g/mol. The standard InChI is InChI=1S/C12H12FN3O/c13-10-5-9(6-15-7-10)11(17)16-12(8-14)3-1-2-4-12/h5-7H,1-4H2,(H,16,17). The van der Waals surface area contributed by atoms with E-state index in [4.69, 9.17) is 5.26 Å². The van der Waals surface area contributed by atoms with E-state index in [1.165, 1.54) is 6.20 Å². The second-order valence-electron chi connectivity index (χ2n) is 4.25. The number of hydrogen-bond acceptors (Lipinski definition) is 3. The minimum absolute atomic E-state index is 0.145. The molecule has 1 aliphatic rings. The molecule has 0 aliphatic heterocycles. The van der Waals surface area contributed by atoms with Gasteiger partial charge in [-0.15, -0.1) is 0 Å². The molecule has 0 saturated heterocycles. The molecule has 0 aromatic carbocycles. The van der Waals surface area contributed by atoms with E-state index >= 15 is 0 Å². The molecule has 0 bridgehead atoms. The molecule has 1 aliphatic carbocycles. The molecular weight excluding hydrogens is 221 g/mol. The van der Waals surface area contributed by atoms with Crippen molar-refractivity contribution in [3.63, 3.8) is 0 Å². The lowest BCUT2D eigenvalue weighted by molar-refractivity contribution is 0.0920. The number of halogens is 1. The number of amides is 1. The fraction of sp³-hybridized carbons (Fsp3) is 0.417. The number of aromatic nitrogens is 1. The van der Waals surface area contributed by atoms with E-state index in [2.05, 4.69) is 16.4 Å². The minimum atomic E-state index is -0.788.